The van der Waals surface area contributed by atoms with Crippen LogP contribution in [0.15, 0.2) is 29.0 Å². The Morgan fingerprint density at radius 1 is 1.05 bits per heavy atom. The van der Waals surface area contributed by atoms with Crippen molar-refractivity contribution >= 4 is 0 Å². The molecule has 1 aliphatic rings. The maximum absolute atomic E-state index is 13.6. The third-order valence-electron chi connectivity index (χ3n) is 4.51. The SMILES string of the molecule is Fc1cc(F)cc(C2(CCc3ncno3)CCCCC2)c1. The normalized spacial score (nSPS) is 17.8. The topological polar surface area (TPSA) is 38.9 Å². The Kier molecular flexibility index (Phi) is 3.99. The molecule has 0 N–H and O–H groups in total. The molecule has 0 atom stereocenters. The van der Waals surface area contributed by atoms with E-state index in [4.69, 9.17) is 4.52 Å². The van der Waals surface area contributed by atoms with Crippen molar-refractivity contribution in [1.82, 2.24) is 10.1 Å². The van der Waals surface area contributed by atoms with Crippen molar-refractivity contribution in [1.29, 1.82) is 0 Å². The van der Waals surface area contributed by atoms with Gasteiger partial charge in [0.05, 0.1) is 0 Å². The zero-order chi connectivity index (χ0) is 14.7. The highest BCUT2D eigenvalue weighted by atomic mass is 19.1. The number of halogens is 2. The summed E-state index contributed by atoms with van der Waals surface area (Å²) in [5, 5.41) is 3.60. The summed E-state index contributed by atoms with van der Waals surface area (Å²) in [4.78, 5) is 4.03. The van der Waals surface area contributed by atoms with E-state index < -0.39 is 11.6 Å². The molecule has 1 aromatic heterocycles. The summed E-state index contributed by atoms with van der Waals surface area (Å²) < 4.78 is 32.2. The highest BCUT2D eigenvalue weighted by Gasteiger charge is 2.34. The molecule has 1 aromatic carbocycles. The third kappa shape index (κ3) is 3.12. The average molecular weight is 292 g/mol. The van der Waals surface area contributed by atoms with Gasteiger partial charge in [0.2, 0.25) is 5.89 Å². The van der Waals surface area contributed by atoms with Crippen LogP contribution >= 0.6 is 0 Å². The van der Waals surface area contributed by atoms with E-state index in [9.17, 15) is 8.78 Å². The lowest BCUT2D eigenvalue weighted by molar-refractivity contribution is 0.260. The predicted octanol–water partition coefficient (Wildman–Crippen LogP) is 4.18. The maximum Gasteiger partial charge on any atom is 0.226 e. The Morgan fingerprint density at radius 3 is 2.38 bits per heavy atom. The lowest BCUT2D eigenvalue weighted by Gasteiger charge is -2.38. The van der Waals surface area contributed by atoms with Gasteiger partial charge in [-0.25, -0.2) is 8.78 Å². The summed E-state index contributed by atoms with van der Waals surface area (Å²) in [6.07, 6.45) is 8.04. The van der Waals surface area contributed by atoms with Crippen LogP contribution in [0.25, 0.3) is 0 Å². The van der Waals surface area contributed by atoms with Crippen molar-refractivity contribution < 1.29 is 13.3 Å². The van der Waals surface area contributed by atoms with Gasteiger partial charge in [-0.05, 0) is 42.4 Å². The Bertz CT molecular complexity index is 572. The Morgan fingerprint density at radius 2 is 1.76 bits per heavy atom. The van der Waals surface area contributed by atoms with Gasteiger partial charge in [0, 0.05) is 12.5 Å². The van der Waals surface area contributed by atoms with Crippen molar-refractivity contribution in [2.45, 2.75) is 50.4 Å². The first kappa shape index (κ1) is 14.2. The van der Waals surface area contributed by atoms with Gasteiger partial charge in [0.25, 0.3) is 0 Å². The molecule has 0 spiro atoms. The van der Waals surface area contributed by atoms with Crippen LogP contribution in [-0.2, 0) is 11.8 Å². The first-order valence-electron chi connectivity index (χ1n) is 7.40. The minimum Gasteiger partial charge on any atom is -0.340 e. The number of benzene rings is 1. The zero-order valence-electron chi connectivity index (χ0n) is 11.8. The minimum absolute atomic E-state index is 0.185. The van der Waals surface area contributed by atoms with Gasteiger partial charge < -0.3 is 4.52 Å². The standard InChI is InChI=1S/C16H18F2N2O/c17-13-8-12(9-14(18)10-13)16(5-2-1-3-6-16)7-4-15-19-11-20-21-15/h8-11H,1-7H2. The Balaban J connectivity index is 1.88. The first-order valence-corrected chi connectivity index (χ1v) is 7.40. The monoisotopic (exact) mass is 292 g/mol. The minimum atomic E-state index is -0.507. The van der Waals surface area contributed by atoms with Gasteiger partial charge in [-0.1, -0.05) is 24.4 Å². The number of nitrogens with zero attached hydrogens (tertiary/aromatic N) is 2. The number of hydrogen-bond donors (Lipinski definition) is 0. The highest BCUT2D eigenvalue weighted by molar-refractivity contribution is 5.28. The van der Waals surface area contributed by atoms with E-state index in [1.165, 1.54) is 24.9 Å². The van der Waals surface area contributed by atoms with E-state index in [-0.39, 0.29) is 5.41 Å². The van der Waals surface area contributed by atoms with E-state index in [1.54, 1.807) is 0 Å². The molecular formula is C16H18F2N2O. The quantitative estimate of drug-likeness (QED) is 0.848. The van der Waals surface area contributed by atoms with Crippen LogP contribution < -0.4 is 0 Å². The van der Waals surface area contributed by atoms with Crippen molar-refractivity contribution in [3.05, 3.63) is 47.6 Å². The molecule has 0 bridgehead atoms. The molecule has 0 amide bonds. The molecule has 1 saturated carbocycles. The molecule has 5 heteroatoms. The lowest BCUT2D eigenvalue weighted by atomic mass is 9.67. The molecule has 1 fully saturated rings. The van der Waals surface area contributed by atoms with Gasteiger partial charge in [-0.15, -0.1) is 0 Å². The van der Waals surface area contributed by atoms with Crippen LogP contribution in [0.3, 0.4) is 0 Å². The molecule has 3 nitrogen and oxygen atoms in total. The molecule has 0 saturated heterocycles. The summed E-state index contributed by atoms with van der Waals surface area (Å²) in [7, 11) is 0. The van der Waals surface area contributed by atoms with Crippen LogP contribution in [0.4, 0.5) is 8.78 Å². The largest absolute Gasteiger partial charge is 0.340 e. The third-order valence-corrected chi connectivity index (χ3v) is 4.51. The summed E-state index contributed by atoms with van der Waals surface area (Å²) in [5.74, 6) is -0.433. The number of hydrogen-bond acceptors (Lipinski definition) is 3. The predicted molar refractivity (Wildman–Crippen MR) is 73.7 cm³/mol. The molecule has 0 radical (unpaired) electrons. The van der Waals surface area contributed by atoms with E-state index in [0.29, 0.717) is 12.3 Å². The molecular weight excluding hydrogens is 274 g/mol. The summed E-state index contributed by atoms with van der Waals surface area (Å²) in [6, 6.07) is 3.88. The van der Waals surface area contributed by atoms with Crippen molar-refractivity contribution in [3.8, 4) is 0 Å². The van der Waals surface area contributed by atoms with Crippen molar-refractivity contribution in [2.24, 2.45) is 0 Å². The molecule has 1 heterocycles. The van der Waals surface area contributed by atoms with E-state index in [2.05, 4.69) is 10.1 Å². The van der Waals surface area contributed by atoms with E-state index in [1.807, 2.05) is 0 Å². The Labute approximate surface area is 122 Å². The molecule has 21 heavy (non-hydrogen) atoms. The molecule has 0 unspecified atom stereocenters. The number of aromatic nitrogens is 2. The van der Waals surface area contributed by atoms with E-state index >= 15 is 0 Å². The van der Waals surface area contributed by atoms with Gasteiger partial charge in [-0.3, -0.25) is 0 Å². The van der Waals surface area contributed by atoms with Crippen molar-refractivity contribution in [3.63, 3.8) is 0 Å². The maximum atomic E-state index is 13.6. The van der Waals surface area contributed by atoms with Gasteiger partial charge in [0.15, 0.2) is 6.33 Å². The molecule has 1 aliphatic carbocycles. The highest BCUT2D eigenvalue weighted by Crippen LogP contribution is 2.43. The second-order valence-corrected chi connectivity index (χ2v) is 5.83. The Hall–Kier alpha value is -1.78. The molecule has 0 aliphatic heterocycles. The second kappa shape index (κ2) is 5.92. The summed E-state index contributed by atoms with van der Waals surface area (Å²) in [6.45, 7) is 0. The van der Waals surface area contributed by atoms with Gasteiger partial charge >= 0.3 is 0 Å². The first-order chi connectivity index (χ1) is 10.2. The van der Waals surface area contributed by atoms with Crippen LogP contribution in [0.1, 0.15) is 50.0 Å². The smallest absolute Gasteiger partial charge is 0.226 e. The molecule has 2 aromatic rings. The van der Waals surface area contributed by atoms with Crippen LogP contribution in [0.2, 0.25) is 0 Å². The van der Waals surface area contributed by atoms with E-state index in [0.717, 1.165) is 43.7 Å². The molecule has 3 rings (SSSR count). The van der Waals surface area contributed by atoms with Crippen molar-refractivity contribution in [2.75, 3.05) is 0 Å². The number of aryl methyl sites for hydroxylation is 1. The fourth-order valence-corrected chi connectivity index (χ4v) is 3.42. The summed E-state index contributed by atoms with van der Waals surface area (Å²) in [5.41, 5.74) is 0.578. The van der Waals surface area contributed by atoms with Gasteiger partial charge in [0.1, 0.15) is 11.6 Å². The van der Waals surface area contributed by atoms with Crippen LogP contribution in [0, 0.1) is 11.6 Å². The average Bonchev–Trinajstić information content (AvgIpc) is 2.98. The molecule has 112 valence electrons. The number of rotatable bonds is 4. The fourth-order valence-electron chi connectivity index (χ4n) is 3.42. The zero-order valence-corrected chi connectivity index (χ0v) is 11.8. The van der Waals surface area contributed by atoms with Crippen LogP contribution in [-0.4, -0.2) is 10.1 Å². The summed E-state index contributed by atoms with van der Waals surface area (Å²) >= 11 is 0. The van der Waals surface area contributed by atoms with Crippen LogP contribution in [0.5, 0.6) is 0 Å². The fraction of sp³-hybridized carbons (Fsp3) is 0.500. The lowest BCUT2D eigenvalue weighted by Crippen LogP contribution is -2.30. The second-order valence-electron chi connectivity index (χ2n) is 5.83. The van der Waals surface area contributed by atoms with Gasteiger partial charge in [-0.2, -0.15) is 4.98 Å².